The van der Waals surface area contributed by atoms with Crippen molar-refractivity contribution in [2.24, 2.45) is 0 Å². The summed E-state index contributed by atoms with van der Waals surface area (Å²) in [5.74, 6) is 0. The average Bonchev–Trinajstić information content (AvgIpc) is 2.65. The first kappa shape index (κ1) is 20.8. The van der Waals surface area contributed by atoms with Crippen LogP contribution in [0.4, 0.5) is 10.5 Å². The largest absolute Gasteiger partial charge is 0.378 e. The van der Waals surface area contributed by atoms with Crippen LogP contribution in [0.2, 0.25) is 0 Å². The fourth-order valence-corrected chi connectivity index (χ4v) is 2.91. The van der Waals surface area contributed by atoms with Crippen molar-refractivity contribution in [2.45, 2.75) is 19.0 Å². The molecule has 1 N–H and O–H groups in total. The monoisotopic (exact) mass is 368 g/mol. The molecule has 0 aliphatic carbocycles. The highest BCUT2D eigenvalue weighted by Gasteiger charge is 2.15. The van der Waals surface area contributed by atoms with E-state index in [0.717, 1.165) is 17.7 Å². The summed E-state index contributed by atoms with van der Waals surface area (Å²) >= 11 is 0. The molecule has 27 heavy (non-hydrogen) atoms. The van der Waals surface area contributed by atoms with Gasteiger partial charge in [-0.3, -0.25) is 0 Å². The molecule has 0 aliphatic heterocycles. The van der Waals surface area contributed by atoms with E-state index in [1.165, 1.54) is 5.56 Å². The quantitative estimate of drug-likeness (QED) is 0.778. The summed E-state index contributed by atoms with van der Waals surface area (Å²) in [6.45, 7) is 1.20. The van der Waals surface area contributed by atoms with Crippen LogP contribution in [-0.4, -0.2) is 63.7 Å². The minimum absolute atomic E-state index is 0.0494. The second-order valence-electron chi connectivity index (χ2n) is 7.41. The van der Waals surface area contributed by atoms with Gasteiger partial charge in [-0.2, -0.15) is 0 Å². The second-order valence-corrected chi connectivity index (χ2v) is 7.41. The molecule has 5 nitrogen and oxygen atoms in total. The van der Waals surface area contributed by atoms with E-state index >= 15 is 0 Å². The number of nitrogens with zero attached hydrogens (tertiary/aromatic N) is 3. The van der Waals surface area contributed by atoms with Crippen LogP contribution >= 0.6 is 0 Å². The summed E-state index contributed by atoms with van der Waals surface area (Å²) in [4.78, 5) is 18.4. The summed E-state index contributed by atoms with van der Waals surface area (Å²) in [5, 5.41) is 3.07. The molecule has 0 bridgehead atoms. The van der Waals surface area contributed by atoms with Gasteiger partial charge in [0.25, 0.3) is 0 Å². The van der Waals surface area contributed by atoms with Gasteiger partial charge in [0.1, 0.15) is 0 Å². The third-order valence-electron chi connectivity index (χ3n) is 4.75. The molecule has 2 rings (SSSR count). The van der Waals surface area contributed by atoms with Gasteiger partial charge in [0.15, 0.2) is 0 Å². The molecule has 0 aromatic heterocycles. The topological polar surface area (TPSA) is 38.8 Å². The first-order valence-corrected chi connectivity index (χ1v) is 9.32. The van der Waals surface area contributed by atoms with Gasteiger partial charge in [-0.15, -0.1) is 0 Å². The Balaban J connectivity index is 1.86. The van der Waals surface area contributed by atoms with Crippen LogP contribution in [0.5, 0.6) is 0 Å². The molecule has 2 aromatic rings. The summed E-state index contributed by atoms with van der Waals surface area (Å²) in [5.41, 5.74) is 3.55. The van der Waals surface area contributed by atoms with E-state index in [-0.39, 0.29) is 12.1 Å². The van der Waals surface area contributed by atoms with Crippen LogP contribution in [-0.2, 0) is 13.0 Å². The number of likely N-dealkylation sites (N-methyl/N-ethyl adjacent to an activating group) is 1. The SMILES string of the molecule is CN(Cc1ccc(N(C)C)cc1)C(=O)NCC(Cc1ccccc1)N(C)C. The maximum Gasteiger partial charge on any atom is 0.317 e. The second kappa shape index (κ2) is 9.97. The van der Waals surface area contributed by atoms with E-state index in [9.17, 15) is 4.79 Å². The summed E-state index contributed by atoms with van der Waals surface area (Å²) in [7, 11) is 9.97. The number of carbonyl (C=O) groups excluding carboxylic acids is 1. The van der Waals surface area contributed by atoms with E-state index in [2.05, 4.69) is 77.7 Å². The molecule has 1 unspecified atom stereocenters. The van der Waals surface area contributed by atoms with E-state index in [4.69, 9.17) is 0 Å². The lowest BCUT2D eigenvalue weighted by atomic mass is 10.1. The van der Waals surface area contributed by atoms with Gasteiger partial charge < -0.3 is 20.0 Å². The Morgan fingerprint density at radius 3 is 2.07 bits per heavy atom. The van der Waals surface area contributed by atoms with Crippen molar-refractivity contribution in [1.82, 2.24) is 15.1 Å². The number of rotatable bonds is 8. The van der Waals surface area contributed by atoms with Gasteiger partial charge in [0, 0.05) is 46.0 Å². The molecule has 1 atom stereocenters. The zero-order chi connectivity index (χ0) is 19.8. The van der Waals surface area contributed by atoms with Crippen molar-refractivity contribution in [3.05, 3.63) is 65.7 Å². The Bertz CT molecular complexity index is 698. The van der Waals surface area contributed by atoms with Gasteiger partial charge in [0.2, 0.25) is 0 Å². The minimum Gasteiger partial charge on any atom is -0.378 e. The third kappa shape index (κ3) is 6.61. The van der Waals surface area contributed by atoms with E-state index in [1.54, 1.807) is 4.90 Å². The molecule has 0 heterocycles. The summed E-state index contributed by atoms with van der Waals surface area (Å²) < 4.78 is 0. The summed E-state index contributed by atoms with van der Waals surface area (Å²) in [6.07, 6.45) is 0.907. The van der Waals surface area contributed by atoms with Crippen LogP contribution in [0.25, 0.3) is 0 Å². The zero-order valence-corrected chi connectivity index (χ0v) is 17.1. The normalized spacial score (nSPS) is 11.9. The Hall–Kier alpha value is -2.53. The molecule has 0 radical (unpaired) electrons. The maximum absolute atomic E-state index is 12.5. The molecule has 2 aromatic carbocycles. The van der Waals surface area contributed by atoms with Gasteiger partial charge in [-0.1, -0.05) is 42.5 Å². The van der Waals surface area contributed by atoms with Gasteiger partial charge in [-0.05, 0) is 43.8 Å². The number of amides is 2. The van der Waals surface area contributed by atoms with Crippen molar-refractivity contribution < 1.29 is 4.79 Å². The van der Waals surface area contributed by atoms with Crippen molar-refractivity contribution in [2.75, 3.05) is 46.7 Å². The predicted molar refractivity (Wildman–Crippen MR) is 113 cm³/mol. The average molecular weight is 369 g/mol. The lowest BCUT2D eigenvalue weighted by Crippen LogP contribution is -2.45. The third-order valence-corrected chi connectivity index (χ3v) is 4.75. The number of anilines is 1. The van der Waals surface area contributed by atoms with Gasteiger partial charge in [-0.25, -0.2) is 4.79 Å². The molecule has 0 saturated heterocycles. The van der Waals surface area contributed by atoms with E-state index in [1.807, 2.05) is 27.2 Å². The highest BCUT2D eigenvalue weighted by molar-refractivity contribution is 5.73. The number of benzene rings is 2. The molecule has 0 saturated carbocycles. The Kier molecular flexibility index (Phi) is 7.67. The number of hydrogen-bond acceptors (Lipinski definition) is 3. The van der Waals surface area contributed by atoms with Crippen molar-refractivity contribution in [1.29, 1.82) is 0 Å². The molecular weight excluding hydrogens is 336 g/mol. The maximum atomic E-state index is 12.5. The first-order chi connectivity index (χ1) is 12.9. The zero-order valence-electron chi connectivity index (χ0n) is 17.1. The Morgan fingerprint density at radius 2 is 1.52 bits per heavy atom. The first-order valence-electron chi connectivity index (χ1n) is 9.32. The van der Waals surface area contributed by atoms with E-state index in [0.29, 0.717) is 13.1 Å². The molecular formula is C22H32N4O. The van der Waals surface area contributed by atoms with Crippen LogP contribution in [0.1, 0.15) is 11.1 Å². The molecule has 5 heteroatoms. The predicted octanol–water partition coefficient (Wildman–Crippen LogP) is 3.07. The molecule has 146 valence electrons. The smallest absolute Gasteiger partial charge is 0.317 e. The van der Waals surface area contributed by atoms with Crippen molar-refractivity contribution in [3.8, 4) is 0 Å². The van der Waals surface area contributed by atoms with Crippen LogP contribution in [0, 0.1) is 0 Å². The summed E-state index contributed by atoms with van der Waals surface area (Å²) in [6, 6.07) is 18.9. The van der Waals surface area contributed by atoms with Crippen molar-refractivity contribution >= 4 is 11.7 Å². The minimum atomic E-state index is -0.0494. The van der Waals surface area contributed by atoms with E-state index < -0.39 is 0 Å². The van der Waals surface area contributed by atoms with Crippen molar-refractivity contribution in [3.63, 3.8) is 0 Å². The number of carbonyl (C=O) groups is 1. The fourth-order valence-electron chi connectivity index (χ4n) is 2.91. The molecule has 0 aliphatic rings. The molecule has 2 amide bonds. The van der Waals surface area contributed by atoms with Gasteiger partial charge >= 0.3 is 6.03 Å². The highest BCUT2D eigenvalue weighted by atomic mass is 16.2. The van der Waals surface area contributed by atoms with Crippen LogP contribution in [0.15, 0.2) is 54.6 Å². The van der Waals surface area contributed by atoms with Gasteiger partial charge in [0.05, 0.1) is 0 Å². The Morgan fingerprint density at radius 1 is 0.889 bits per heavy atom. The van der Waals surface area contributed by atoms with Crippen LogP contribution < -0.4 is 10.2 Å². The molecule has 0 spiro atoms. The Labute approximate surface area is 163 Å². The lowest BCUT2D eigenvalue weighted by molar-refractivity contribution is 0.200. The number of urea groups is 1. The van der Waals surface area contributed by atoms with Crippen LogP contribution in [0.3, 0.4) is 0 Å². The number of nitrogens with one attached hydrogen (secondary N) is 1. The number of hydrogen-bond donors (Lipinski definition) is 1. The standard InChI is InChI=1S/C22H32N4O/c1-24(2)20-13-11-19(12-14-20)17-26(5)22(27)23-16-21(25(3)4)15-18-9-7-6-8-10-18/h6-14,21H,15-17H2,1-5H3,(H,23,27). The molecule has 0 fully saturated rings. The highest BCUT2D eigenvalue weighted by Crippen LogP contribution is 2.13. The lowest BCUT2D eigenvalue weighted by Gasteiger charge is -2.26. The fraction of sp³-hybridized carbons (Fsp3) is 0.409.